The van der Waals surface area contributed by atoms with Gasteiger partial charge in [0.1, 0.15) is 12.9 Å². The van der Waals surface area contributed by atoms with Gasteiger partial charge in [-0.05, 0) is 98.7 Å². The monoisotopic (exact) mass is 492 g/mol. The van der Waals surface area contributed by atoms with Gasteiger partial charge in [-0.3, -0.25) is 9.59 Å². The average Bonchev–Trinajstić information content (AvgIpc) is 3.18. The molecule has 0 amide bonds. The Morgan fingerprint density at radius 1 is 1.03 bits per heavy atom. The number of fused-ring (bicyclic) bond motifs is 5. The van der Waals surface area contributed by atoms with Crippen molar-refractivity contribution in [2.24, 2.45) is 46.3 Å². The second-order valence-corrected chi connectivity index (χ2v) is 12.6. The van der Waals surface area contributed by atoms with Gasteiger partial charge in [0.05, 0.1) is 13.2 Å². The van der Waals surface area contributed by atoms with Crippen LogP contribution in [0.25, 0.3) is 0 Å². The molecule has 0 N–H and O–H groups in total. The van der Waals surface area contributed by atoms with Crippen LogP contribution in [0, 0.1) is 46.3 Å². The van der Waals surface area contributed by atoms with E-state index in [2.05, 4.69) is 20.8 Å². The van der Waals surface area contributed by atoms with Crippen molar-refractivity contribution in [2.75, 3.05) is 21.0 Å². The van der Waals surface area contributed by atoms with Crippen LogP contribution in [0.3, 0.4) is 0 Å². The first kappa shape index (κ1) is 26.9. The number of esters is 2. The molecule has 1 unspecified atom stereocenters. The first-order valence-corrected chi connectivity index (χ1v) is 14.0. The highest BCUT2D eigenvalue weighted by atomic mass is 16.7. The molecular formula is C29H48O6. The summed E-state index contributed by atoms with van der Waals surface area (Å²) in [5.41, 5.74) is 0.262. The Morgan fingerprint density at radius 2 is 1.80 bits per heavy atom. The maximum absolute atomic E-state index is 12.1. The molecule has 6 heteroatoms. The van der Waals surface area contributed by atoms with Crippen LogP contribution in [0.15, 0.2) is 0 Å². The lowest BCUT2D eigenvalue weighted by Crippen LogP contribution is -2.62. The average molecular weight is 493 g/mol. The van der Waals surface area contributed by atoms with Crippen molar-refractivity contribution >= 4 is 11.9 Å². The van der Waals surface area contributed by atoms with Gasteiger partial charge in [0.2, 0.25) is 0 Å². The minimum Gasteiger partial charge on any atom is -0.469 e. The summed E-state index contributed by atoms with van der Waals surface area (Å²) in [6.07, 6.45) is 10.7. The van der Waals surface area contributed by atoms with Crippen molar-refractivity contribution < 1.29 is 28.5 Å². The van der Waals surface area contributed by atoms with Crippen LogP contribution in [0.5, 0.6) is 0 Å². The molecule has 0 aromatic carbocycles. The van der Waals surface area contributed by atoms with E-state index in [-0.39, 0.29) is 35.0 Å². The minimum atomic E-state index is -0.146. The van der Waals surface area contributed by atoms with E-state index in [1.54, 1.807) is 14.0 Å². The number of hydrogen-bond donors (Lipinski definition) is 0. The van der Waals surface area contributed by atoms with Crippen LogP contribution in [0.2, 0.25) is 0 Å². The van der Waals surface area contributed by atoms with E-state index in [1.165, 1.54) is 32.8 Å². The van der Waals surface area contributed by atoms with Gasteiger partial charge in [-0.2, -0.15) is 0 Å². The summed E-state index contributed by atoms with van der Waals surface area (Å²) in [5, 5.41) is 0. The van der Waals surface area contributed by atoms with Gasteiger partial charge in [-0.15, -0.1) is 0 Å². The summed E-state index contributed by atoms with van der Waals surface area (Å²) in [5.74, 6) is 2.92. The fraction of sp³-hybridized carbons (Fsp3) is 0.931. The fourth-order valence-corrected chi connectivity index (χ4v) is 9.57. The zero-order valence-corrected chi connectivity index (χ0v) is 22.8. The number of ether oxygens (including phenoxy) is 4. The van der Waals surface area contributed by atoms with E-state index >= 15 is 0 Å². The molecule has 0 radical (unpaired) electrons. The Labute approximate surface area is 212 Å². The first-order valence-electron chi connectivity index (χ1n) is 14.0. The third kappa shape index (κ3) is 4.79. The molecule has 4 saturated carbocycles. The largest absolute Gasteiger partial charge is 0.469 e. The predicted octanol–water partition coefficient (Wildman–Crippen LogP) is 5.77. The van der Waals surface area contributed by atoms with Gasteiger partial charge in [-0.25, -0.2) is 0 Å². The lowest BCUT2D eigenvalue weighted by Gasteiger charge is -2.64. The van der Waals surface area contributed by atoms with Crippen LogP contribution in [-0.2, 0) is 28.5 Å². The second-order valence-electron chi connectivity index (χ2n) is 12.6. The van der Waals surface area contributed by atoms with Gasteiger partial charge in [0.25, 0.3) is 0 Å². The maximum Gasteiger partial charge on any atom is 0.305 e. The highest BCUT2D eigenvalue weighted by Crippen LogP contribution is 2.69. The summed E-state index contributed by atoms with van der Waals surface area (Å²) in [4.78, 5) is 23.9. The summed E-state index contributed by atoms with van der Waals surface area (Å²) in [6, 6.07) is 0. The van der Waals surface area contributed by atoms with Crippen LogP contribution in [-0.4, -0.2) is 45.2 Å². The van der Waals surface area contributed by atoms with E-state index < -0.39 is 0 Å². The first-order chi connectivity index (χ1) is 16.7. The summed E-state index contributed by atoms with van der Waals surface area (Å²) in [6.45, 7) is 9.19. The van der Waals surface area contributed by atoms with Crippen molar-refractivity contribution in [2.45, 2.75) is 104 Å². The third-order valence-corrected chi connectivity index (χ3v) is 11.2. The van der Waals surface area contributed by atoms with Crippen molar-refractivity contribution in [3.05, 3.63) is 0 Å². The second kappa shape index (κ2) is 10.7. The van der Waals surface area contributed by atoms with Crippen molar-refractivity contribution in [1.82, 2.24) is 0 Å². The van der Waals surface area contributed by atoms with Crippen LogP contribution < -0.4 is 0 Å². The Bertz CT molecular complexity index is 768. The molecule has 200 valence electrons. The zero-order chi connectivity index (χ0) is 25.4. The summed E-state index contributed by atoms with van der Waals surface area (Å²) in [7, 11) is 3.19. The third-order valence-electron chi connectivity index (χ3n) is 11.2. The Balaban J connectivity index is 1.62. The molecule has 4 aliphatic rings. The molecule has 4 rings (SSSR count). The van der Waals surface area contributed by atoms with E-state index in [0.717, 1.165) is 32.1 Å². The zero-order valence-electron chi connectivity index (χ0n) is 22.8. The molecule has 0 aliphatic heterocycles. The molecule has 4 fully saturated rings. The predicted molar refractivity (Wildman–Crippen MR) is 133 cm³/mol. The Hall–Kier alpha value is -1.14. The maximum atomic E-state index is 12.1. The molecule has 10 atom stereocenters. The molecular weight excluding hydrogens is 444 g/mol. The highest BCUT2D eigenvalue weighted by molar-refractivity contribution is 5.69. The number of rotatable bonds is 8. The van der Waals surface area contributed by atoms with Gasteiger partial charge in [0, 0.05) is 25.9 Å². The molecule has 6 nitrogen and oxygen atoms in total. The lowest BCUT2D eigenvalue weighted by atomic mass is 9.43. The number of hydrogen-bond acceptors (Lipinski definition) is 6. The van der Waals surface area contributed by atoms with Gasteiger partial charge in [0.15, 0.2) is 0 Å². The summed E-state index contributed by atoms with van der Waals surface area (Å²) < 4.78 is 22.8. The normalized spacial score (nSPS) is 43.4. The molecule has 35 heavy (non-hydrogen) atoms. The van der Waals surface area contributed by atoms with Crippen LogP contribution in [0.4, 0.5) is 0 Å². The van der Waals surface area contributed by atoms with Crippen molar-refractivity contribution in [3.63, 3.8) is 0 Å². The molecule has 0 heterocycles. The fourth-order valence-electron chi connectivity index (χ4n) is 9.57. The molecule has 0 saturated heterocycles. The minimum absolute atomic E-state index is 0.00941. The van der Waals surface area contributed by atoms with E-state index in [4.69, 9.17) is 18.9 Å². The van der Waals surface area contributed by atoms with E-state index in [1.807, 2.05) is 0 Å². The van der Waals surface area contributed by atoms with Crippen LogP contribution >= 0.6 is 0 Å². The van der Waals surface area contributed by atoms with Gasteiger partial charge in [-0.1, -0.05) is 20.8 Å². The molecule has 0 spiro atoms. The van der Waals surface area contributed by atoms with Crippen molar-refractivity contribution in [3.8, 4) is 0 Å². The standard InChI is InChI=1S/C29H48O6/c1-18(10-13-26(31)33-6)21-11-12-22-27-23(14-15-28(21,22)3)29(4)20(16-24(27)34-17-32-5)8-7-9-25(29)35-19(2)30/h18,20-25,27H,7-17H2,1-6H3/t18-,20+,21-,22+,23+,24+,25?,27+,28-,29+/m1/s1. The lowest BCUT2D eigenvalue weighted by molar-refractivity contribution is -0.230. The van der Waals surface area contributed by atoms with E-state index in [9.17, 15) is 9.59 Å². The Kier molecular flexibility index (Phi) is 8.22. The van der Waals surface area contributed by atoms with Gasteiger partial charge >= 0.3 is 11.9 Å². The molecule has 0 aromatic rings. The topological polar surface area (TPSA) is 71.1 Å². The number of carbonyl (C=O) groups excluding carboxylic acids is 2. The molecule has 0 bridgehead atoms. The number of methoxy groups -OCH3 is 2. The van der Waals surface area contributed by atoms with Gasteiger partial charge < -0.3 is 18.9 Å². The molecule has 4 aliphatic carbocycles. The SMILES string of the molecule is COCO[C@H]1C[C@@H]2CCCC(OC(C)=O)[C@]2(C)[C@H]2CC[C@]3(C)[C@@H]([C@H](C)CCC(=O)OC)CC[C@H]3[C@H]12. The van der Waals surface area contributed by atoms with E-state index in [0.29, 0.717) is 48.7 Å². The van der Waals surface area contributed by atoms with Crippen molar-refractivity contribution in [1.29, 1.82) is 0 Å². The highest BCUT2D eigenvalue weighted by Gasteiger charge is 2.65. The smallest absolute Gasteiger partial charge is 0.305 e. The summed E-state index contributed by atoms with van der Waals surface area (Å²) >= 11 is 0. The van der Waals surface area contributed by atoms with Crippen LogP contribution in [0.1, 0.15) is 91.9 Å². The number of carbonyl (C=O) groups is 2. The molecule has 0 aromatic heterocycles. The quantitative estimate of drug-likeness (QED) is 0.317. The Morgan fingerprint density at radius 3 is 2.49 bits per heavy atom.